The molecule has 2 aromatic carbocycles. The van der Waals surface area contributed by atoms with Crippen LogP contribution in [0.1, 0.15) is 38.7 Å². The number of carbonyl (C=O) groups is 2. The van der Waals surface area contributed by atoms with E-state index >= 15 is 0 Å². The molecule has 2 aromatic heterocycles. The van der Waals surface area contributed by atoms with Crippen molar-refractivity contribution < 1.29 is 23.8 Å². The third kappa shape index (κ3) is 11.7. The summed E-state index contributed by atoms with van der Waals surface area (Å²) in [6.45, 7) is 17.9. The smallest absolute Gasteiger partial charge is 0.410 e. The summed E-state index contributed by atoms with van der Waals surface area (Å²) in [6, 6.07) is 17.6. The number of nitrogens with zero attached hydrogens (tertiary/aromatic N) is 6. The molecular weight excluding hydrogens is 677 g/mol. The molecule has 4 aromatic rings. The Bertz CT molecular complexity index is 1670. The lowest BCUT2D eigenvalue weighted by molar-refractivity contribution is 0.0650. The number of benzene rings is 2. The number of aromatic nitrogens is 4. The number of ether oxygens (including phenoxy) is 3. The lowest BCUT2D eigenvalue weighted by Crippen LogP contribution is -2.36. The summed E-state index contributed by atoms with van der Waals surface area (Å²) < 4.78 is 21.6. The molecule has 0 atom stereocenters. The Kier molecular flexibility index (Phi) is 13.1. The van der Waals surface area contributed by atoms with Crippen molar-refractivity contribution in [2.24, 2.45) is 0 Å². The minimum atomic E-state index is -1.22. The normalized spacial score (nSPS) is 13.3. The third-order valence-electron chi connectivity index (χ3n) is 8.94. The third-order valence-corrected chi connectivity index (χ3v) is 12.3. The second-order valence-corrected chi connectivity index (χ2v) is 26.9. The van der Waals surface area contributed by atoms with Gasteiger partial charge in [0, 0.05) is 72.8 Å². The molecule has 1 aliphatic heterocycles. The van der Waals surface area contributed by atoms with Gasteiger partial charge in [-0.1, -0.05) is 75.7 Å². The summed E-state index contributed by atoms with van der Waals surface area (Å²) in [5, 5.41) is 0. The Labute approximate surface area is 304 Å². The molecule has 5 rings (SSSR count). The number of amides is 2. The van der Waals surface area contributed by atoms with E-state index in [9.17, 15) is 9.59 Å². The molecule has 13 heteroatoms. The molecule has 1 aliphatic rings. The van der Waals surface area contributed by atoms with Gasteiger partial charge in [0.1, 0.15) is 31.7 Å². The van der Waals surface area contributed by atoms with Crippen molar-refractivity contribution in [3.63, 3.8) is 0 Å². The maximum Gasteiger partial charge on any atom is 0.410 e. The number of hydrogen-bond donors (Lipinski definition) is 0. The first kappa shape index (κ1) is 38.2. The molecule has 2 amide bonds. The number of fused-ring (bicyclic) bond motifs is 1. The standard InChI is InChI=1S/C38H54N6O5Si2/c1-50(2,3)22-20-47-29-42-18-15-39-35(42)26-44(27-36-40-16-19-43(36)30-48-21-23-51(4,5)6)37(45)33-12-13-34-25-41(17-14-32(34)24-33)38(46)49-28-31-10-8-7-9-11-31/h7-13,15-16,18-19,24H,14,17,20-23,25-30H2,1-6H3. The maximum absolute atomic E-state index is 14.4. The predicted octanol–water partition coefficient (Wildman–Crippen LogP) is 7.24. The lowest BCUT2D eigenvalue weighted by atomic mass is 9.97. The van der Waals surface area contributed by atoms with Gasteiger partial charge in [0.05, 0.1) is 13.1 Å². The van der Waals surface area contributed by atoms with Crippen molar-refractivity contribution in [2.75, 3.05) is 19.8 Å². The highest BCUT2D eigenvalue weighted by Crippen LogP contribution is 2.23. The van der Waals surface area contributed by atoms with Crippen molar-refractivity contribution in [1.29, 1.82) is 0 Å². The van der Waals surface area contributed by atoms with E-state index in [1.54, 1.807) is 22.2 Å². The Hall–Kier alpha value is -4.05. The number of rotatable bonds is 17. The van der Waals surface area contributed by atoms with Gasteiger partial charge in [-0.25, -0.2) is 14.8 Å². The molecule has 0 saturated heterocycles. The van der Waals surface area contributed by atoms with Crippen molar-refractivity contribution in [3.8, 4) is 0 Å². The Morgan fingerprint density at radius 3 is 1.94 bits per heavy atom. The molecule has 11 nitrogen and oxygen atoms in total. The molecule has 0 unspecified atom stereocenters. The first-order chi connectivity index (χ1) is 24.3. The van der Waals surface area contributed by atoms with Crippen LogP contribution >= 0.6 is 0 Å². The zero-order chi connectivity index (χ0) is 36.4. The fraction of sp³-hybridized carbons (Fsp3) is 0.474. The summed E-state index contributed by atoms with van der Waals surface area (Å²) >= 11 is 0. The first-order valence-corrected chi connectivity index (χ1v) is 25.3. The van der Waals surface area contributed by atoms with Crippen LogP contribution in [-0.4, -0.2) is 76.8 Å². The Balaban J connectivity index is 1.29. The van der Waals surface area contributed by atoms with Gasteiger partial charge in [-0.15, -0.1) is 0 Å². The Morgan fingerprint density at radius 2 is 1.37 bits per heavy atom. The van der Waals surface area contributed by atoms with Crippen LogP contribution < -0.4 is 0 Å². The number of imidazole rings is 2. The van der Waals surface area contributed by atoms with E-state index in [2.05, 4.69) is 49.3 Å². The van der Waals surface area contributed by atoms with Gasteiger partial charge >= 0.3 is 6.09 Å². The van der Waals surface area contributed by atoms with E-state index in [4.69, 9.17) is 14.2 Å². The SMILES string of the molecule is C[Si](C)(C)CCOCn1ccnc1CN(Cc1nccn1COCC[Si](C)(C)C)C(=O)c1ccc2c(c1)CCN(C(=O)OCc1ccccc1)C2. The fourth-order valence-electron chi connectivity index (χ4n) is 5.68. The topological polar surface area (TPSA) is 104 Å². The van der Waals surface area contributed by atoms with Crippen molar-refractivity contribution in [2.45, 2.75) is 97.5 Å². The molecule has 0 spiro atoms. The second kappa shape index (κ2) is 17.4. The monoisotopic (exact) mass is 730 g/mol. The molecular formula is C38H54N6O5Si2. The average molecular weight is 731 g/mol. The minimum absolute atomic E-state index is 0.120. The molecule has 51 heavy (non-hydrogen) atoms. The summed E-state index contributed by atoms with van der Waals surface area (Å²) in [5.74, 6) is 1.36. The first-order valence-electron chi connectivity index (χ1n) is 17.9. The molecule has 0 radical (unpaired) electrons. The van der Waals surface area contributed by atoms with E-state index in [-0.39, 0.29) is 31.7 Å². The molecule has 0 aliphatic carbocycles. The average Bonchev–Trinajstić information content (AvgIpc) is 3.74. The largest absolute Gasteiger partial charge is 0.445 e. The van der Waals surface area contributed by atoms with Gasteiger partial charge in [0.15, 0.2) is 0 Å². The van der Waals surface area contributed by atoms with Crippen LogP contribution in [-0.2, 0) is 60.3 Å². The maximum atomic E-state index is 14.4. The summed E-state index contributed by atoms with van der Waals surface area (Å²) in [6.07, 6.45) is 7.60. The van der Waals surface area contributed by atoms with Crippen LogP contribution in [0.3, 0.4) is 0 Å². The summed E-state index contributed by atoms with van der Waals surface area (Å²) in [5.41, 5.74) is 3.61. The highest BCUT2D eigenvalue weighted by Gasteiger charge is 2.26. The summed E-state index contributed by atoms with van der Waals surface area (Å²) in [4.78, 5) is 40.0. The zero-order valence-electron chi connectivity index (χ0n) is 31.1. The molecule has 0 bridgehead atoms. The van der Waals surface area contributed by atoms with E-state index in [1.807, 2.05) is 70.1 Å². The second-order valence-electron chi connectivity index (χ2n) is 15.7. The van der Waals surface area contributed by atoms with Gasteiger partial charge in [-0.05, 0) is 47.3 Å². The van der Waals surface area contributed by atoms with Gasteiger partial charge in [-0.2, -0.15) is 0 Å². The zero-order valence-corrected chi connectivity index (χ0v) is 33.1. The predicted molar refractivity (Wildman–Crippen MR) is 203 cm³/mol. The Morgan fingerprint density at radius 1 is 0.784 bits per heavy atom. The van der Waals surface area contributed by atoms with Gasteiger partial charge in [0.2, 0.25) is 0 Å². The van der Waals surface area contributed by atoms with Crippen LogP contribution in [0.5, 0.6) is 0 Å². The van der Waals surface area contributed by atoms with E-state index < -0.39 is 16.1 Å². The van der Waals surface area contributed by atoms with Crippen LogP contribution in [0.25, 0.3) is 0 Å². The molecule has 3 heterocycles. The van der Waals surface area contributed by atoms with E-state index in [0.29, 0.717) is 51.7 Å². The van der Waals surface area contributed by atoms with E-state index in [0.717, 1.165) is 40.4 Å². The lowest BCUT2D eigenvalue weighted by Gasteiger charge is -2.29. The van der Waals surface area contributed by atoms with Crippen LogP contribution in [0.2, 0.25) is 51.4 Å². The highest BCUT2D eigenvalue weighted by molar-refractivity contribution is 6.76. The highest BCUT2D eigenvalue weighted by atomic mass is 28.3. The van der Waals surface area contributed by atoms with Crippen LogP contribution in [0.4, 0.5) is 4.79 Å². The van der Waals surface area contributed by atoms with Crippen LogP contribution in [0.15, 0.2) is 73.3 Å². The van der Waals surface area contributed by atoms with Crippen molar-refractivity contribution >= 4 is 28.1 Å². The number of carbonyl (C=O) groups excluding carboxylic acids is 2. The van der Waals surface area contributed by atoms with Crippen molar-refractivity contribution in [1.82, 2.24) is 28.9 Å². The molecule has 0 saturated carbocycles. The molecule has 274 valence electrons. The summed E-state index contributed by atoms with van der Waals surface area (Å²) in [7, 11) is -2.44. The van der Waals surface area contributed by atoms with E-state index in [1.165, 1.54) is 0 Å². The van der Waals surface area contributed by atoms with Crippen LogP contribution in [0, 0.1) is 0 Å². The number of hydrogen-bond acceptors (Lipinski definition) is 7. The van der Waals surface area contributed by atoms with Gasteiger partial charge in [-0.3, -0.25) is 4.79 Å². The molecule has 0 N–H and O–H groups in total. The molecule has 0 fully saturated rings. The minimum Gasteiger partial charge on any atom is -0.445 e. The van der Waals surface area contributed by atoms with Crippen molar-refractivity contribution in [3.05, 3.63) is 107 Å². The quantitative estimate of drug-likeness (QED) is 0.0834. The van der Waals surface area contributed by atoms with Gasteiger partial charge in [0.25, 0.3) is 5.91 Å². The van der Waals surface area contributed by atoms with Gasteiger partial charge < -0.3 is 33.1 Å². The fourth-order valence-corrected chi connectivity index (χ4v) is 7.19.